The maximum atomic E-state index is 5.73. The smallest absolute Gasteiger partial charge is 0.0928 e. The molecule has 0 unspecified atom stereocenters. The first-order valence-corrected chi connectivity index (χ1v) is 11.7. The van der Waals surface area contributed by atoms with Crippen LogP contribution >= 0.6 is 22.1 Å². The van der Waals surface area contributed by atoms with Crippen LogP contribution in [0.25, 0.3) is 11.1 Å². The van der Waals surface area contributed by atoms with E-state index >= 15 is 0 Å². The van der Waals surface area contributed by atoms with E-state index in [0.29, 0.717) is 13.2 Å². The predicted octanol–water partition coefficient (Wildman–Crippen LogP) is 8.00. The first-order valence-electron chi connectivity index (χ1n) is 9.73. The standard InChI is InChI=1S/C24H30O2S2/c1-5-23(21-13-9-7-10-14-21)19(3)17-25-27-28-26-18-20(4)24(6-2)22-15-11-8-12-16-22/h7-16H,5-6,17-18H2,1-4H3/b23-19+,24-20+. The van der Waals surface area contributed by atoms with Gasteiger partial charge in [-0.3, -0.25) is 8.37 Å². The molecule has 0 amide bonds. The Balaban J connectivity index is 1.78. The predicted molar refractivity (Wildman–Crippen MR) is 126 cm³/mol. The van der Waals surface area contributed by atoms with Gasteiger partial charge in [-0.1, -0.05) is 74.5 Å². The van der Waals surface area contributed by atoms with Crippen molar-refractivity contribution in [2.24, 2.45) is 0 Å². The number of hydrogen-bond acceptors (Lipinski definition) is 4. The molecule has 4 heteroatoms. The molecule has 0 spiro atoms. The topological polar surface area (TPSA) is 18.5 Å². The first kappa shape index (κ1) is 22.8. The molecule has 0 saturated carbocycles. The van der Waals surface area contributed by atoms with Crippen molar-refractivity contribution >= 4 is 33.3 Å². The van der Waals surface area contributed by atoms with Gasteiger partial charge in [0, 0.05) is 0 Å². The van der Waals surface area contributed by atoms with E-state index in [9.17, 15) is 0 Å². The Morgan fingerprint density at radius 3 is 1.32 bits per heavy atom. The van der Waals surface area contributed by atoms with E-state index in [-0.39, 0.29) is 0 Å². The van der Waals surface area contributed by atoms with Crippen LogP contribution in [0.3, 0.4) is 0 Å². The quantitative estimate of drug-likeness (QED) is 0.210. The molecule has 2 nitrogen and oxygen atoms in total. The highest BCUT2D eigenvalue weighted by atomic mass is 33.1. The average molecular weight is 415 g/mol. The lowest BCUT2D eigenvalue weighted by atomic mass is 9.99. The number of allylic oxidation sites excluding steroid dienone is 2. The van der Waals surface area contributed by atoms with Crippen molar-refractivity contribution in [1.82, 2.24) is 0 Å². The van der Waals surface area contributed by atoms with Gasteiger partial charge in [-0.25, -0.2) is 0 Å². The Hall–Kier alpha value is -1.46. The Morgan fingerprint density at radius 1 is 0.643 bits per heavy atom. The maximum Gasteiger partial charge on any atom is 0.0928 e. The molecule has 0 fully saturated rings. The summed E-state index contributed by atoms with van der Waals surface area (Å²) in [5.41, 5.74) is 7.76. The summed E-state index contributed by atoms with van der Waals surface area (Å²) in [5.74, 6) is 0. The van der Waals surface area contributed by atoms with Crippen LogP contribution in [0.1, 0.15) is 51.7 Å². The largest absolute Gasteiger partial charge is 0.299 e. The van der Waals surface area contributed by atoms with Gasteiger partial charge in [0.15, 0.2) is 0 Å². The van der Waals surface area contributed by atoms with Crippen LogP contribution in [0.15, 0.2) is 71.8 Å². The Labute approximate surface area is 178 Å². The van der Waals surface area contributed by atoms with Gasteiger partial charge in [0.05, 0.1) is 35.4 Å². The van der Waals surface area contributed by atoms with E-state index in [0.717, 1.165) is 12.8 Å². The number of hydrogen-bond donors (Lipinski definition) is 0. The van der Waals surface area contributed by atoms with Crippen molar-refractivity contribution < 1.29 is 8.37 Å². The third-order valence-electron chi connectivity index (χ3n) is 4.66. The molecule has 0 saturated heterocycles. The van der Waals surface area contributed by atoms with Crippen LogP contribution in [0.5, 0.6) is 0 Å². The summed E-state index contributed by atoms with van der Waals surface area (Å²) in [4.78, 5) is 0. The van der Waals surface area contributed by atoms with E-state index in [1.54, 1.807) is 0 Å². The monoisotopic (exact) mass is 414 g/mol. The fourth-order valence-corrected chi connectivity index (χ4v) is 4.27. The maximum absolute atomic E-state index is 5.73. The minimum atomic E-state index is 0.595. The zero-order chi connectivity index (χ0) is 20.2. The molecule has 2 aromatic rings. The third-order valence-corrected chi connectivity index (χ3v) is 5.88. The fraction of sp³-hybridized carbons (Fsp3) is 0.333. The minimum absolute atomic E-state index is 0.595. The summed E-state index contributed by atoms with van der Waals surface area (Å²) >= 11 is 2.60. The van der Waals surface area contributed by atoms with Crippen molar-refractivity contribution in [2.75, 3.05) is 13.2 Å². The van der Waals surface area contributed by atoms with Crippen molar-refractivity contribution in [1.29, 1.82) is 0 Å². The molecule has 28 heavy (non-hydrogen) atoms. The van der Waals surface area contributed by atoms with Crippen LogP contribution in [-0.4, -0.2) is 13.2 Å². The molecule has 0 radical (unpaired) electrons. The van der Waals surface area contributed by atoms with Gasteiger partial charge in [-0.15, -0.1) is 0 Å². The SMILES string of the molecule is CC/C(=C(/C)COSSOC/C(C)=C(\CC)c1ccccc1)c1ccccc1. The lowest BCUT2D eigenvalue weighted by Crippen LogP contribution is -1.96. The van der Waals surface area contributed by atoms with Crippen LogP contribution in [0.2, 0.25) is 0 Å². The first-order chi connectivity index (χ1) is 13.7. The van der Waals surface area contributed by atoms with Gasteiger partial charge < -0.3 is 0 Å². The van der Waals surface area contributed by atoms with Crippen molar-refractivity contribution in [3.05, 3.63) is 82.9 Å². The van der Waals surface area contributed by atoms with Gasteiger partial charge in [-0.2, -0.15) is 0 Å². The van der Waals surface area contributed by atoms with Gasteiger partial charge in [-0.05, 0) is 60.1 Å². The molecule has 0 aliphatic carbocycles. The lowest BCUT2D eigenvalue weighted by molar-refractivity contribution is 0.408. The Bertz CT molecular complexity index is 700. The van der Waals surface area contributed by atoms with Crippen LogP contribution in [-0.2, 0) is 8.37 Å². The van der Waals surface area contributed by atoms with Crippen molar-refractivity contribution in [3.8, 4) is 0 Å². The summed E-state index contributed by atoms with van der Waals surface area (Å²) in [7, 11) is 0. The van der Waals surface area contributed by atoms with Gasteiger partial charge in [0.2, 0.25) is 0 Å². The Morgan fingerprint density at radius 2 is 1.00 bits per heavy atom. The molecule has 0 heterocycles. The van der Waals surface area contributed by atoms with E-state index in [2.05, 4.69) is 76.2 Å². The Kier molecular flexibility index (Phi) is 10.5. The normalized spacial score (nSPS) is 13.1. The van der Waals surface area contributed by atoms with E-state index in [4.69, 9.17) is 8.37 Å². The molecular weight excluding hydrogens is 384 g/mol. The highest BCUT2D eigenvalue weighted by Gasteiger charge is 2.06. The number of rotatable bonds is 11. The third kappa shape index (κ3) is 7.17. The lowest BCUT2D eigenvalue weighted by Gasteiger charge is -2.12. The van der Waals surface area contributed by atoms with E-state index in [1.165, 1.54) is 55.6 Å². The molecule has 2 aromatic carbocycles. The molecule has 2 rings (SSSR count). The van der Waals surface area contributed by atoms with Crippen LogP contribution in [0, 0.1) is 0 Å². The molecule has 0 bridgehead atoms. The summed E-state index contributed by atoms with van der Waals surface area (Å²) in [6.07, 6.45) is 1.99. The molecule has 0 atom stereocenters. The molecule has 0 aromatic heterocycles. The van der Waals surface area contributed by atoms with E-state index < -0.39 is 0 Å². The summed E-state index contributed by atoms with van der Waals surface area (Å²) in [6.45, 7) is 9.83. The van der Waals surface area contributed by atoms with Crippen LogP contribution < -0.4 is 0 Å². The molecule has 0 aliphatic heterocycles. The van der Waals surface area contributed by atoms with Crippen molar-refractivity contribution in [2.45, 2.75) is 40.5 Å². The van der Waals surface area contributed by atoms with Gasteiger partial charge >= 0.3 is 0 Å². The van der Waals surface area contributed by atoms with Gasteiger partial charge in [0.1, 0.15) is 0 Å². The van der Waals surface area contributed by atoms with E-state index in [1.807, 2.05) is 12.1 Å². The van der Waals surface area contributed by atoms with Gasteiger partial charge in [0.25, 0.3) is 0 Å². The zero-order valence-electron chi connectivity index (χ0n) is 17.2. The molecule has 0 aliphatic rings. The highest BCUT2D eigenvalue weighted by Crippen LogP contribution is 2.29. The van der Waals surface area contributed by atoms with Crippen LogP contribution in [0.4, 0.5) is 0 Å². The zero-order valence-corrected chi connectivity index (χ0v) is 18.9. The molecule has 0 N–H and O–H groups in total. The summed E-state index contributed by atoms with van der Waals surface area (Å²) in [6, 6.07) is 21.0. The fourth-order valence-electron chi connectivity index (χ4n) is 3.22. The van der Waals surface area contributed by atoms with Crippen molar-refractivity contribution in [3.63, 3.8) is 0 Å². The number of benzene rings is 2. The second-order valence-electron chi connectivity index (χ2n) is 6.62. The minimum Gasteiger partial charge on any atom is -0.299 e. The second-order valence-corrected chi connectivity index (χ2v) is 8.18. The molecule has 150 valence electrons. The molecular formula is C24H30O2S2. The second kappa shape index (κ2) is 12.9. The summed E-state index contributed by atoms with van der Waals surface area (Å²) in [5, 5.41) is 0. The average Bonchev–Trinajstić information content (AvgIpc) is 2.73. The highest BCUT2D eigenvalue weighted by molar-refractivity contribution is 8.73. The summed E-state index contributed by atoms with van der Waals surface area (Å²) < 4.78 is 11.5.